The van der Waals surface area contributed by atoms with Gasteiger partial charge in [-0.1, -0.05) is 18.2 Å². The zero-order chi connectivity index (χ0) is 9.52. The first-order valence-electron chi connectivity index (χ1n) is 3.94. The second-order valence-corrected chi connectivity index (χ2v) is 2.36. The minimum atomic E-state index is 0.139. The van der Waals surface area contributed by atoms with Crippen LogP contribution in [0.5, 0.6) is 0 Å². The highest BCUT2D eigenvalue weighted by Crippen LogP contribution is 2.12. The van der Waals surface area contributed by atoms with Crippen molar-refractivity contribution in [1.29, 1.82) is 0 Å². The Morgan fingerprint density at radius 2 is 2.00 bits per heavy atom. The quantitative estimate of drug-likeness (QED) is 0.673. The van der Waals surface area contributed by atoms with Crippen LogP contribution < -0.4 is 5.73 Å². The van der Waals surface area contributed by atoms with Crippen molar-refractivity contribution in [2.75, 3.05) is 6.54 Å². The van der Waals surface area contributed by atoms with Crippen LogP contribution in [0.15, 0.2) is 41.0 Å². The van der Waals surface area contributed by atoms with Gasteiger partial charge < -0.3 is 14.9 Å². The molecule has 0 radical (unpaired) electrons. The highest BCUT2D eigenvalue weighted by molar-refractivity contribution is 5.76. The molecule has 13 heavy (non-hydrogen) atoms. The number of hydrogen-bond donors (Lipinski definition) is 1. The van der Waals surface area contributed by atoms with Crippen LogP contribution in [0.4, 0.5) is 0 Å². The van der Waals surface area contributed by atoms with E-state index in [1.807, 2.05) is 30.3 Å². The van der Waals surface area contributed by atoms with Gasteiger partial charge in [0.15, 0.2) is 0 Å². The molecule has 2 rings (SSSR count). The molecule has 0 bridgehead atoms. The summed E-state index contributed by atoms with van der Waals surface area (Å²) in [5, 5.41) is 1.16. The maximum atomic E-state index is 9.05. The Morgan fingerprint density at radius 3 is 2.62 bits per heavy atom. The summed E-state index contributed by atoms with van der Waals surface area (Å²) in [5.41, 5.74) is 5.62. The van der Waals surface area contributed by atoms with E-state index in [0.29, 0.717) is 6.29 Å². The number of carbonyl (C=O) groups excluding carboxylic acids is 1. The molecule has 1 aromatic carbocycles. The zero-order valence-electron chi connectivity index (χ0n) is 7.14. The van der Waals surface area contributed by atoms with Crippen molar-refractivity contribution < 1.29 is 9.21 Å². The number of rotatable bonds is 1. The molecule has 0 aliphatic rings. The maximum absolute atomic E-state index is 9.05. The zero-order valence-corrected chi connectivity index (χ0v) is 7.14. The van der Waals surface area contributed by atoms with E-state index in [1.54, 1.807) is 6.26 Å². The third-order valence-corrected chi connectivity index (χ3v) is 1.46. The molecule has 0 atom stereocenters. The van der Waals surface area contributed by atoms with Gasteiger partial charge in [-0.15, -0.1) is 0 Å². The molecule has 2 N–H and O–H groups in total. The van der Waals surface area contributed by atoms with Gasteiger partial charge in [-0.2, -0.15) is 0 Å². The van der Waals surface area contributed by atoms with Crippen molar-refractivity contribution in [3.63, 3.8) is 0 Å². The lowest BCUT2D eigenvalue weighted by Crippen LogP contribution is -1.97. The van der Waals surface area contributed by atoms with Gasteiger partial charge in [-0.05, 0) is 12.1 Å². The average Bonchev–Trinajstić information content (AvgIpc) is 2.66. The predicted octanol–water partition coefficient (Wildman–Crippen LogP) is 1.58. The van der Waals surface area contributed by atoms with Gasteiger partial charge in [0.25, 0.3) is 0 Å². The van der Waals surface area contributed by atoms with E-state index in [0.717, 1.165) is 11.0 Å². The number of benzene rings is 1. The van der Waals surface area contributed by atoms with Gasteiger partial charge in [0, 0.05) is 11.9 Å². The SMILES string of the molecule is NCC=O.c1ccc2occc2c1. The lowest BCUT2D eigenvalue weighted by molar-refractivity contribution is -0.106. The molecule has 0 fully saturated rings. The Balaban J connectivity index is 0.000000184. The fourth-order valence-corrected chi connectivity index (χ4v) is 0.906. The minimum Gasteiger partial charge on any atom is -0.464 e. The molecule has 2 aromatic rings. The molecule has 0 saturated carbocycles. The van der Waals surface area contributed by atoms with Gasteiger partial charge in [0.05, 0.1) is 6.26 Å². The summed E-state index contributed by atoms with van der Waals surface area (Å²) >= 11 is 0. The van der Waals surface area contributed by atoms with E-state index >= 15 is 0 Å². The van der Waals surface area contributed by atoms with E-state index in [4.69, 9.17) is 9.21 Å². The number of aldehydes is 1. The smallest absolute Gasteiger partial charge is 0.133 e. The highest BCUT2D eigenvalue weighted by Gasteiger charge is 1.89. The summed E-state index contributed by atoms with van der Waals surface area (Å²) in [6, 6.07) is 9.90. The van der Waals surface area contributed by atoms with Crippen molar-refractivity contribution in [3.05, 3.63) is 36.6 Å². The van der Waals surface area contributed by atoms with Crippen molar-refractivity contribution in [2.45, 2.75) is 0 Å². The first kappa shape index (κ1) is 9.48. The van der Waals surface area contributed by atoms with Crippen LogP contribution in [-0.2, 0) is 4.79 Å². The van der Waals surface area contributed by atoms with Crippen LogP contribution >= 0.6 is 0 Å². The molecule has 1 aromatic heterocycles. The second-order valence-electron chi connectivity index (χ2n) is 2.36. The molecule has 1 heterocycles. The number of furan rings is 1. The fourth-order valence-electron chi connectivity index (χ4n) is 0.906. The predicted molar refractivity (Wildman–Crippen MR) is 51.3 cm³/mol. The minimum absolute atomic E-state index is 0.139. The van der Waals surface area contributed by atoms with Gasteiger partial charge >= 0.3 is 0 Å². The van der Waals surface area contributed by atoms with Crippen LogP contribution in [0.3, 0.4) is 0 Å². The van der Waals surface area contributed by atoms with Gasteiger partial charge in [0.1, 0.15) is 11.9 Å². The molecule has 0 amide bonds. The van der Waals surface area contributed by atoms with Gasteiger partial charge in [-0.3, -0.25) is 0 Å². The Morgan fingerprint density at radius 1 is 1.31 bits per heavy atom. The van der Waals surface area contributed by atoms with E-state index in [9.17, 15) is 0 Å². The van der Waals surface area contributed by atoms with Crippen LogP contribution in [0.2, 0.25) is 0 Å². The molecule has 0 aliphatic heterocycles. The van der Waals surface area contributed by atoms with Gasteiger partial charge in [0.2, 0.25) is 0 Å². The number of carbonyl (C=O) groups is 1. The number of para-hydroxylation sites is 1. The third-order valence-electron chi connectivity index (χ3n) is 1.46. The van der Waals surface area contributed by atoms with Crippen LogP contribution in [0, 0.1) is 0 Å². The number of nitrogens with two attached hydrogens (primary N) is 1. The van der Waals surface area contributed by atoms with E-state index < -0.39 is 0 Å². The normalized spacial score (nSPS) is 9.00. The van der Waals surface area contributed by atoms with Crippen molar-refractivity contribution in [1.82, 2.24) is 0 Å². The van der Waals surface area contributed by atoms with Crippen LogP contribution in [0.1, 0.15) is 0 Å². The lowest BCUT2D eigenvalue weighted by Gasteiger charge is -1.81. The number of hydrogen-bond acceptors (Lipinski definition) is 3. The molecule has 0 aliphatic carbocycles. The molecule has 0 saturated heterocycles. The Hall–Kier alpha value is -1.61. The lowest BCUT2D eigenvalue weighted by atomic mass is 10.3. The summed E-state index contributed by atoms with van der Waals surface area (Å²) in [5.74, 6) is 0. The standard InChI is InChI=1S/C8H6O.C2H5NO/c1-2-4-8-7(3-1)5-6-9-8;3-1-2-4/h1-6H;2H,1,3H2. The molecule has 3 nitrogen and oxygen atoms in total. The number of fused-ring (bicyclic) bond motifs is 1. The van der Waals surface area contributed by atoms with Crippen molar-refractivity contribution in [2.24, 2.45) is 5.73 Å². The fraction of sp³-hybridized carbons (Fsp3) is 0.100. The maximum Gasteiger partial charge on any atom is 0.133 e. The monoisotopic (exact) mass is 177 g/mol. The third kappa shape index (κ3) is 2.72. The average molecular weight is 177 g/mol. The molecule has 0 unspecified atom stereocenters. The van der Waals surface area contributed by atoms with Crippen LogP contribution in [0.25, 0.3) is 11.0 Å². The van der Waals surface area contributed by atoms with E-state index in [1.165, 1.54) is 0 Å². The molecular weight excluding hydrogens is 166 g/mol. The molecule has 3 heteroatoms. The summed E-state index contributed by atoms with van der Waals surface area (Å²) in [4.78, 5) is 9.05. The topological polar surface area (TPSA) is 56.2 Å². The Labute approximate surface area is 76.1 Å². The second kappa shape index (κ2) is 5.11. The summed E-state index contributed by atoms with van der Waals surface area (Å²) < 4.78 is 5.12. The largest absolute Gasteiger partial charge is 0.464 e. The Bertz CT molecular complexity index is 337. The first-order valence-corrected chi connectivity index (χ1v) is 3.94. The van der Waals surface area contributed by atoms with Crippen molar-refractivity contribution >= 4 is 17.3 Å². The summed E-state index contributed by atoms with van der Waals surface area (Å²) in [6.07, 6.45) is 2.35. The Kier molecular flexibility index (Phi) is 3.73. The highest BCUT2D eigenvalue weighted by atomic mass is 16.3. The first-order chi connectivity index (χ1) is 6.38. The van der Waals surface area contributed by atoms with Crippen LogP contribution in [-0.4, -0.2) is 12.8 Å². The summed E-state index contributed by atoms with van der Waals surface area (Å²) in [7, 11) is 0. The summed E-state index contributed by atoms with van der Waals surface area (Å²) in [6.45, 7) is 0.139. The van der Waals surface area contributed by atoms with E-state index in [-0.39, 0.29) is 6.54 Å². The van der Waals surface area contributed by atoms with Gasteiger partial charge in [-0.25, -0.2) is 0 Å². The van der Waals surface area contributed by atoms with E-state index in [2.05, 4.69) is 5.73 Å². The van der Waals surface area contributed by atoms with Crippen molar-refractivity contribution in [3.8, 4) is 0 Å². The molecular formula is C10H11NO2. The molecule has 68 valence electrons. The molecule has 0 spiro atoms.